The van der Waals surface area contributed by atoms with Crippen molar-refractivity contribution >= 4 is 17.0 Å². The second kappa shape index (κ2) is 3.54. The highest BCUT2D eigenvalue weighted by Gasteiger charge is 2.41. The van der Waals surface area contributed by atoms with Crippen LogP contribution in [0.2, 0.25) is 0 Å². The predicted molar refractivity (Wildman–Crippen MR) is 59.8 cm³/mol. The van der Waals surface area contributed by atoms with Crippen LogP contribution < -0.4 is 0 Å². The van der Waals surface area contributed by atoms with Crippen molar-refractivity contribution in [2.45, 2.75) is 24.8 Å². The fraction of sp³-hybridized carbons (Fsp3) is 0.308. The van der Waals surface area contributed by atoms with E-state index in [1.54, 1.807) is 12.1 Å². The number of rotatable bonds is 2. The van der Waals surface area contributed by atoms with Crippen LogP contribution in [0.1, 0.15) is 24.8 Å². The summed E-state index contributed by atoms with van der Waals surface area (Å²) in [6.07, 6.45) is 5.57. The topological polar surface area (TPSA) is 42.6 Å². The van der Waals surface area contributed by atoms with E-state index in [-0.39, 0.29) is 5.82 Å². The summed E-state index contributed by atoms with van der Waals surface area (Å²) in [5.74, 6) is -0.332. The van der Waals surface area contributed by atoms with Gasteiger partial charge in [-0.3, -0.25) is 0 Å². The molecule has 0 atom stereocenters. The van der Waals surface area contributed by atoms with Crippen LogP contribution in [-0.2, 0) is 10.3 Å². The van der Waals surface area contributed by atoms with Crippen molar-refractivity contribution in [2.24, 2.45) is 4.99 Å². The van der Waals surface area contributed by atoms with Crippen LogP contribution in [0.15, 0.2) is 33.9 Å². The molecular weight excluding hydrogens is 221 g/mol. The number of isocyanates is 1. The number of nitrogens with zero attached hydrogens (tertiary/aromatic N) is 1. The van der Waals surface area contributed by atoms with Crippen molar-refractivity contribution in [3.05, 3.63) is 35.8 Å². The van der Waals surface area contributed by atoms with Crippen LogP contribution in [0.25, 0.3) is 11.0 Å². The van der Waals surface area contributed by atoms with Gasteiger partial charge in [-0.2, -0.15) is 4.99 Å². The molecule has 0 amide bonds. The summed E-state index contributed by atoms with van der Waals surface area (Å²) in [6.45, 7) is 0. The highest BCUT2D eigenvalue weighted by Crippen LogP contribution is 2.47. The maximum atomic E-state index is 13.5. The molecule has 17 heavy (non-hydrogen) atoms. The van der Waals surface area contributed by atoms with Gasteiger partial charge < -0.3 is 4.42 Å². The average Bonchev–Trinajstić information content (AvgIpc) is 2.70. The number of hydrogen-bond acceptors (Lipinski definition) is 3. The molecule has 0 bridgehead atoms. The molecule has 0 saturated heterocycles. The van der Waals surface area contributed by atoms with Crippen molar-refractivity contribution in [3.8, 4) is 0 Å². The first-order chi connectivity index (χ1) is 8.25. The monoisotopic (exact) mass is 231 g/mol. The number of furan rings is 1. The lowest BCUT2D eigenvalue weighted by Crippen LogP contribution is -2.32. The number of aliphatic imine (C=N–C) groups is 1. The van der Waals surface area contributed by atoms with Crippen LogP contribution in [-0.4, -0.2) is 6.08 Å². The maximum absolute atomic E-state index is 13.5. The van der Waals surface area contributed by atoms with Gasteiger partial charge in [-0.25, -0.2) is 9.18 Å². The molecule has 1 saturated carbocycles. The summed E-state index contributed by atoms with van der Waals surface area (Å²) in [5.41, 5.74) is 0.650. The summed E-state index contributed by atoms with van der Waals surface area (Å²) >= 11 is 0. The van der Waals surface area contributed by atoms with Gasteiger partial charge in [0.1, 0.15) is 16.9 Å². The molecular formula is C13H10FNO2. The number of carbonyl (C=O) groups excluding carboxylic acids is 1. The molecule has 1 heterocycles. The normalized spacial score (nSPS) is 17.5. The van der Waals surface area contributed by atoms with Gasteiger partial charge in [0.25, 0.3) is 0 Å². The van der Waals surface area contributed by atoms with Gasteiger partial charge in [0.15, 0.2) is 0 Å². The fourth-order valence-corrected chi connectivity index (χ4v) is 2.43. The molecule has 4 heteroatoms. The van der Waals surface area contributed by atoms with Gasteiger partial charge >= 0.3 is 0 Å². The minimum absolute atomic E-state index is 0.332. The van der Waals surface area contributed by atoms with E-state index in [4.69, 9.17) is 4.42 Å². The minimum atomic E-state index is -0.625. The molecule has 0 N–H and O–H groups in total. The Balaban J connectivity index is 2.28. The Kier molecular flexibility index (Phi) is 2.13. The predicted octanol–water partition coefficient (Wildman–Crippen LogP) is 3.29. The van der Waals surface area contributed by atoms with E-state index in [0.717, 1.165) is 19.3 Å². The lowest BCUT2D eigenvalue weighted by molar-refractivity contribution is 0.255. The highest BCUT2D eigenvalue weighted by molar-refractivity contribution is 5.81. The van der Waals surface area contributed by atoms with Crippen LogP contribution in [0.3, 0.4) is 0 Å². The molecule has 0 spiro atoms. The molecule has 0 aliphatic heterocycles. The van der Waals surface area contributed by atoms with E-state index in [1.807, 2.05) is 0 Å². The van der Waals surface area contributed by atoms with Crippen molar-refractivity contribution < 1.29 is 13.6 Å². The van der Waals surface area contributed by atoms with Gasteiger partial charge in [-0.15, -0.1) is 0 Å². The van der Waals surface area contributed by atoms with Gasteiger partial charge in [0.05, 0.1) is 6.26 Å². The summed E-state index contributed by atoms with van der Waals surface area (Å²) in [5, 5.41) is 0.701. The maximum Gasteiger partial charge on any atom is 0.235 e. The first-order valence-electron chi connectivity index (χ1n) is 5.51. The molecule has 1 fully saturated rings. The standard InChI is InChI=1S/C13H10FNO2/c14-10-6-9-2-5-17-12(9)11(7-10)13(15-8-16)3-1-4-13/h2,5-7H,1,3-4H2. The quantitative estimate of drug-likeness (QED) is 0.588. The van der Waals surface area contributed by atoms with Crippen molar-refractivity contribution in [3.63, 3.8) is 0 Å². The van der Waals surface area contributed by atoms with Gasteiger partial charge in [0, 0.05) is 10.9 Å². The molecule has 3 rings (SSSR count). The zero-order valence-corrected chi connectivity index (χ0v) is 9.07. The summed E-state index contributed by atoms with van der Waals surface area (Å²) < 4.78 is 18.9. The van der Waals surface area contributed by atoms with E-state index in [2.05, 4.69) is 4.99 Å². The highest BCUT2D eigenvalue weighted by atomic mass is 19.1. The van der Waals surface area contributed by atoms with Crippen LogP contribution in [0.4, 0.5) is 4.39 Å². The third kappa shape index (κ3) is 1.41. The first-order valence-corrected chi connectivity index (χ1v) is 5.51. The van der Waals surface area contributed by atoms with E-state index >= 15 is 0 Å². The Hall–Kier alpha value is -1.93. The second-order valence-electron chi connectivity index (χ2n) is 4.38. The third-order valence-electron chi connectivity index (χ3n) is 3.46. The third-order valence-corrected chi connectivity index (χ3v) is 3.46. The molecule has 86 valence electrons. The fourth-order valence-electron chi connectivity index (χ4n) is 2.43. The molecule has 3 nitrogen and oxygen atoms in total. The second-order valence-corrected chi connectivity index (χ2v) is 4.38. The summed E-state index contributed by atoms with van der Waals surface area (Å²) in [7, 11) is 0. The van der Waals surface area contributed by atoms with E-state index in [0.29, 0.717) is 16.5 Å². The van der Waals surface area contributed by atoms with Gasteiger partial charge in [-0.1, -0.05) is 0 Å². The average molecular weight is 231 g/mol. The van der Waals surface area contributed by atoms with Crippen LogP contribution in [0, 0.1) is 5.82 Å². The molecule has 1 aliphatic carbocycles. The Morgan fingerprint density at radius 2 is 2.24 bits per heavy atom. The van der Waals surface area contributed by atoms with Crippen molar-refractivity contribution in [2.75, 3.05) is 0 Å². The zero-order valence-electron chi connectivity index (χ0n) is 9.07. The zero-order chi connectivity index (χ0) is 11.9. The molecule has 1 aromatic heterocycles. The Labute approximate surface area is 96.9 Å². The minimum Gasteiger partial charge on any atom is -0.464 e. The number of hydrogen-bond donors (Lipinski definition) is 0. The largest absolute Gasteiger partial charge is 0.464 e. The number of halogens is 1. The van der Waals surface area contributed by atoms with E-state index < -0.39 is 5.54 Å². The molecule has 0 unspecified atom stereocenters. The summed E-state index contributed by atoms with van der Waals surface area (Å²) in [4.78, 5) is 14.4. The SMILES string of the molecule is O=C=NC1(c2cc(F)cc3ccoc23)CCC1. The van der Waals surface area contributed by atoms with Crippen LogP contribution >= 0.6 is 0 Å². The summed E-state index contributed by atoms with van der Waals surface area (Å²) in [6, 6.07) is 4.53. The van der Waals surface area contributed by atoms with E-state index in [9.17, 15) is 9.18 Å². The Morgan fingerprint density at radius 3 is 2.88 bits per heavy atom. The lowest BCUT2D eigenvalue weighted by Gasteiger charge is -2.36. The first kappa shape index (κ1) is 10.2. The lowest BCUT2D eigenvalue weighted by atomic mass is 9.72. The molecule has 1 aliphatic rings. The van der Waals surface area contributed by atoms with Gasteiger partial charge in [0.2, 0.25) is 6.08 Å². The van der Waals surface area contributed by atoms with Crippen molar-refractivity contribution in [1.29, 1.82) is 0 Å². The number of benzene rings is 1. The van der Waals surface area contributed by atoms with E-state index in [1.165, 1.54) is 18.4 Å². The van der Waals surface area contributed by atoms with Crippen molar-refractivity contribution in [1.82, 2.24) is 0 Å². The molecule has 1 aromatic carbocycles. The Bertz CT molecular complexity index is 621. The van der Waals surface area contributed by atoms with Crippen LogP contribution in [0.5, 0.6) is 0 Å². The number of fused-ring (bicyclic) bond motifs is 1. The molecule has 2 aromatic rings. The van der Waals surface area contributed by atoms with Gasteiger partial charge in [-0.05, 0) is 37.5 Å². The smallest absolute Gasteiger partial charge is 0.235 e. The molecule has 0 radical (unpaired) electrons. The Morgan fingerprint density at radius 1 is 1.41 bits per heavy atom.